The number of rotatable bonds is 3. The second kappa shape index (κ2) is 5.01. The normalized spacial score (nSPS) is 14.2. The Morgan fingerprint density at radius 1 is 1.06 bits per heavy atom. The van der Waals surface area contributed by atoms with Gasteiger partial charge in [-0.05, 0) is 38.4 Å². The Morgan fingerprint density at radius 3 is 1.94 bits per heavy atom. The standard InChI is InChI=1S/C15H25N/c1-12-7-9-13(10-8-12)11-14(16(5)6)15(2,3)4/h7-10,14H,11H2,1-6H3. The smallest absolute Gasteiger partial charge is 0.0178 e. The van der Waals surface area contributed by atoms with Gasteiger partial charge in [-0.15, -0.1) is 0 Å². The van der Waals surface area contributed by atoms with Crippen molar-refractivity contribution in [3.8, 4) is 0 Å². The maximum absolute atomic E-state index is 2.33. The van der Waals surface area contributed by atoms with Crippen molar-refractivity contribution in [3.05, 3.63) is 35.4 Å². The third-order valence-electron chi connectivity index (χ3n) is 3.17. The van der Waals surface area contributed by atoms with E-state index in [2.05, 4.69) is 71.0 Å². The lowest BCUT2D eigenvalue weighted by Gasteiger charge is -2.36. The SMILES string of the molecule is Cc1ccc(CC(N(C)C)C(C)(C)C)cc1. The molecule has 0 aromatic heterocycles. The van der Waals surface area contributed by atoms with Crippen molar-refractivity contribution in [2.45, 2.75) is 40.2 Å². The Kier molecular flexibility index (Phi) is 4.15. The average Bonchev–Trinajstić information content (AvgIpc) is 2.14. The fraction of sp³-hybridized carbons (Fsp3) is 0.600. The monoisotopic (exact) mass is 219 g/mol. The van der Waals surface area contributed by atoms with Crippen LogP contribution in [0, 0.1) is 12.3 Å². The molecule has 0 aliphatic rings. The number of hydrogen-bond acceptors (Lipinski definition) is 1. The maximum atomic E-state index is 2.33. The fourth-order valence-electron chi connectivity index (χ4n) is 2.21. The molecule has 1 atom stereocenters. The zero-order chi connectivity index (χ0) is 12.3. The second-order valence-electron chi connectivity index (χ2n) is 6.04. The highest BCUT2D eigenvalue weighted by Crippen LogP contribution is 2.26. The molecule has 0 spiro atoms. The number of hydrogen-bond donors (Lipinski definition) is 0. The van der Waals surface area contributed by atoms with E-state index in [0.29, 0.717) is 11.5 Å². The molecule has 1 aromatic rings. The van der Waals surface area contributed by atoms with Gasteiger partial charge in [0, 0.05) is 6.04 Å². The topological polar surface area (TPSA) is 3.24 Å². The molecule has 0 fully saturated rings. The number of likely N-dealkylation sites (N-methyl/N-ethyl adjacent to an activating group) is 1. The summed E-state index contributed by atoms with van der Waals surface area (Å²) in [6.45, 7) is 9.07. The van der Waals surface area contributed by atoms with E-state index in [-0.39, 0.29) is 0 Å². The quantitative estimate of drug-likeness (QED) is 0.752. The predicted molar refractivity (Wildman–Crippen MR) is 71.8 cm³/mol. The van der Waals surface area contributed by atoms with Crippen LogP contribution in [0.15, 0.2) is 24.3 Å². The number of benzene rings is 1. The van der Waals surface area contributed by atoms with Crippen molar-refractivity contribution in [2.75, 3.05) is 14.1 Å². The largest absolute Gasteiger partial charge is 0.306 e. The van der Waals surface area contributed by atoms with Gasteiger partial charge >= 0.3 is 0 Å². The van der Waals surface area contributed by atoms with E-state index in [1.54, 1.807) is 0 Å². The molecule has 1 nitrogen and oxygen atoms in total. The van der Waals surface area contributed by atoms with E-state index in [4.69, 9.17) is 0 Å². The molecule has 1 rings (SSSR count). The summed E-state index contributed by atoms with van der Waals surface area (Å²) in [6, 6.07) is 9.47. The molecule has 16 heavy (non-hydrogen) atoms. The summed E-state index contributed by atoms with van der Waals surface area (Å²) in [7, 11) is 4.34. The molecular weight excluding hydrogens is 194 g/mol. The molecule has 0 saturated heterocycles. The Balaban J connectivity index is 2.80. The van der Waals surface area contributed by atoms with Crippen LogP contribution in [0.25, 0.3) is 0 Å². The van der Waals surface area contributed by atoms with Gasteiger partial charge in [-0.3, -0.25) is 0 Å². The molecule has 1 heteroatoms. The van der Waals surface area contributed by atoms with Gasteiger partial charge in [0.2, 0.25) is 0 Å². The lowest BCUT2D eigenvalue weighted by atomic mass is 9.82. The van der Waals surface area contributed by atoms with Gasteiger partial charge in [-0.25, -0.2) is 0 Å². The Labute approximate surface area is 100 Å². The zero-order valence-corrected chi connectivity index (χ0v) is 11.5. The first-order valence-corrected chi connectivity index (χ1v) is 6.02. The molecule has 0 bridgehead atoms. The van der Waals surface area contributed by atoms with Crippen LogP contribution in [0.3, 0.4) is 0 Å². The van der Waals surface area contributed by atoms with E-state index < -0.39 is 0 Å². The predicted octanol–water partition coefficient (Wildman–Crippen LogP) is 3.51. The fourth-order valence-corrected chi connectivity index (χ4v) is 2.21. The van der Waals surface area contributed by atoms with Crippen LogP contribution in [-0.4, -0.2) is 25.0 Å². The lowest BCUT2D eigenvalue weighted by molar-refractivity contribution is 0.152. The molecule has 0 aliphatic carbocycles. The first kappa shape index (κ1) is 13.2. The Bertz CT molecular complexity index is 316. The minimum Gasteiger partial charge on any atom is -0.306 e. The van der Waals surface area contributed by atoms with Gasteiger partial charge in [0.25, 0.3) is 0 Å². The summed E-state index contributed by atoms with van der Waals surface area (Å²) in [5, 5.41) is 0. The Hall–Kier alpha value is -0.820. The molecular formula is C15H25N. The van der Waals surface area contributed by atoms with Crippen molar-refractivity contribution in [3.63, 3.8) is 0 Å². The summed E-state index contributed by atoms with van der Waals surface area (Å²) in [6.07, 6.45) is 1.12. The molecule has 1 unspecified atom stereocenters. The van der Waals surface area contributed by atoms with E-state index >= 15 is 0 Å². The maximum Gasteiger partial charge on any atom is 0.0178 e. The van der Waals surface area contributed by atoms with E-state index in [0.717, 1.165) is 6.42 Å². The van der Waals surface area contributed by atoms with Crippen molar-refractivity contribution in [1.29, 1.82) is 0 Å². The minimum atomic E-state index is 0.314. The van der Waals surface area contributed by atoms with Crippen LogP contribution in [0.2, 0.25) is 0 Å². The summed E-state index contributed by atoms with van der Waals surface area (Å²) in [4.78, 5) is 2.33. The van der Waals surface area contributed by atoms with Crippen molar-refractivity contribution >= 4 is 0 Å². The van der Waals surface area contributed by atoms with Gasteiger partial charge in [0.05, 0.1) is 0 Å². The number of aryl methyl sites for hydroxylation is 1. The molecule has 0 amide bonds. The van der Waals surface area contributed by atoms with Crippen LogP contribution in [0.1, 0.15) is 31.9 Å². The van der Waals surface area contributed by atoms with Gasteiger partial charge in [0.15, 0.2) is 0 Å². The minimum absolute atomic E-state index is 0.314. The summed E-state index contributed by atoms with van der Waals surface area (Å²) < 4.78 is 0. The first-order chi connectivity index (χ1) is 7.30. The third kappa shape index (κ3) is 3.64. The molecule has 0 saturated carbocycles. The molecule has 1 aromatic carbocycles. The number of nitrogens with zero attached hydrogens (tertiary/aromatic N) is 1. The second-order valence-corrected chi connectivity index (χ2v) is 6.04. The van der Waals surface area contributed by atoms with E-state index in [9.17, 15) is 0 Å². The van der Waals surface area contributed by atoms with Crippen LogP contribution >= 0.6 is 0 Å². The van der Waals surface area contributed by atoms with Gasteiger partial charge in [0.1, 0.15) is 0 Å². The Morgan fingerprint density at radius 2 is 1.56 bits per heavy atom. The third-order valence-corrected chi connectivity index (χ3v) is 3.17. The molecule has 90 valence electrons. The van der Waals surface area contributed by atoms with Crippen molar-refractivity contribution in [2.24, 2.45) is 5.41 Å². The molecule has 0 N–H and O–H groups in total. The highest BCUT2D eigenvalue weighted by Gasteiger charge is 2.26. The van der Waals surface area contributed by atoms with Gasteiger partial charge < -0.3 is 4.90 Å². The van der Waals surface area contributed by atoms with Crippen LogP contribution in [0.4, 0.5) is 0 Å². The molecule has 0 heterocycles. The van der Waals surface area contributed by atoms with Crippen LogP contribution in [-0.2, 0) is 6.42 Å². The van der Waals surface area contributed by atoms with Crippen molar-refractivity contribution < 1.29 is 0 Å². The van der Waals surface area contributed by atoms with E-state index in [1.165, 1.54) is 11.1 Å². The van der Waals surface area contributed by atoms with Crippen LogP contribution in [0.5, 0.6) is 0 Å². The van der Waals surface area contributed by atoms with Gasteiger partial charge in [-0.1, -0.05) is 50.6 Å². The first-order valence-electron chi connectivity index (χ1n) is 6.02. The highest BCUT2D eigenvalue weighted by molar-refractivity contribution is 5.22. The van der Waals surface area contributed by atoms with Gasteiger partial charge in [-0.2, -0.15) is 0 Å². The summed E-state index contributed by atoms with van der Waals surface area (Å²) in [5.74, 6) is 0. The zero-order valence-electron chi connectivity index (χ0n) is 11.5. The molecule has 0 radical (unpaired) electrons. The van der Waals surface area contributed by atoms with Crippen LogP contribution < -0.4 is 0 Å². The molecule has 0 aliphatic heterocycles. The van der Waals surface area contributed by atoms with E-state index in [1.807, 2.05) is 0 Å². The highest BCUT2D eigenvalue weighted by atomic mass is 15.1. The average molecular weight is 219 g/mol. The summed E-state index contributed by atoms with van der Waals surface area (Å²) >= 11 is 0. The van der Waals surface area contributed by atoms with Crippen molar-refractivity contribution in [1.82, 2.24) is 4.90 Å². The lowest BCUT2D eigenvalue weighted by Crippen LogP contribution is -2.41. The summed E-state index contributed by atoms with van der Waals surface area (Å²) in [5.41, 5.74) is 3.08.